The predicted octanol–water partition coefficient (Wildman–Crippen LogP) is 4.12. The van der Waals surface area contributed by atoms with E-state index in [1.165, 1.54) is 0 Å². The molecule has 4 heteroatoms. The number of benzene rings is 1. The lowest BCUT2D eigenvalue weighted by Gasteiger charge is -2.08. The van der Waals surface area contributed by atoms with Gasteiger partial charge in [-0.05, 0) is 35.0 Å². The van der Waals surface area contributed by atoms with E-state index in [4.69, 9.17) is 21.1 Å². The predicted molar refractivity (Wildman–Crippen MR) is 66.4 cm³/mol. The first-order valence-electron chi connectivity index (χ1n) is 4.42. The second-order valence-corrected chi connectivity index (χ2v) is 4.11. The average molecular weight is 292 g/mol. The van der Waals surface area contributed by atoms with E-state index in [-0.39, 0.29) is 6.79 Å². The van der Waals surface area contributed by atoms with Gasteiger partial charge >= 0.3 is 0 Å². The summed E-state index contributed by atoms with van der Waals surface area (Å²) in [5.74, 6) is 0.682. The molecule has 0 atom stereocenters. The Morgan fingerprint density at radius 3 is 2.73 bits per heavy atom. The van der Waals surface area contributed by atoms with Gasteiger partial charge in [0.2, 0.25) is 0 Å². The van der Waals surface area contributed by atoms with Crippen molar-refractivity contribution in [3.8, 4) is 5.75 Å². The molecule has 82 valence electrons. The highest BCUT2D eigenvalue weighted by Crippen LogP contribution is 2.31. The van der Waals surface area contributed by atoms with E-state index in [0.717, 1.165) is 10.0 Å². The van der Waals surface area contributed by atoms with Gasteiger partial charge < -0.3 is 9.47 Å². The second-order valence-electron chi connectivity index (χ2n) is 2.85. The van der Waals surface area contributed by atoms with E-state index in [1.807, 2.05) is 25.1 Å². The van der Waals surface area contributed by atoms with Gasteiger partial charge in [-0.1, -0.05) is 23.8 Å². The van der Waals surface area contributed by atoms with Crippen LogP contribution in [-0.4, -0.2) is 13.9 Å². The SMILES string of the molecule is C/C=C/c1c(Cl)cc(OCOC)cc1Br. The molecule has 0 fully saturated rings. The number of hydrogen-bond acceptors (Lipinski definition) is 2. The van der Waals surface area contributed by atoms with Gasteiger partial charge in [0.1, 0.15) is 5.75 Å². The molecular formula is C11H12BrClO2. The van der Waals surface area contributed by atoms with Gasteiger partial charge in [0.05, 0.1) is 5.02 Å². The Bertz CT molecular complexity index is 341. The van der Waals surface area contributed by atoms with Crippen LogP contribution >= 0.6 is 27.5 Å². The summed E-state index contributed by atoms with van der Waals surface area (Å²) in [4.78, 5) is 0. The molecule has 0 saturated heterocycles. The minimum Gasteiger partial charge on any atom is -0.467 e. The Hall–Kier alpha value is -0.510. The van der Waals surface area contributed by atoms with Crippen molar-refractivity contribution in [1.82, 2.24) is 0 Å². The Balaban J connectivity index is 2.97. The van der Waals surface area contributed by atoms with Crippen LogP contribution < -0.4 is 4.74 Å². The van der Waals surface area contributed by atoms with E-state index in [0.29, 0.717) is 10.8 Å². The van der Waals surface area contributed by atoms with Crippen molar-refractivity contribution in [2.45, 2.75) is 6.92 Å². The number of allylic oxidation sites excluding steroid dienone is 1. The molecule has 0 bridgehead atoms. The zero-order valence-corrected chi connectivity index (χ0v) is 10.9. The van der Waals surface area contributed by atoms with Gasteiger partial charge in [0, 0.05) is 17.1 Å². The molecule has 0 spiro atoms. The first-order valence-corrected chi connectivity index (χ1v) is 5.59. The maximum atomic E-state index is 6.09. The molecular weight excluding hydrogens is 279 g/mol. The molecule has 0 aliphatic carbocycles. The standard InChI is InChI=1S/C11H12BrClO2/c1-3-4-9-10(12)5-8(6-11(9)13)15-7-14-2/h3-6H,7H2,1-2H3/b4-3+. The van der Waals surface area contributed by atoms with Crippen molar-refractivity contribution in [3.63, 3.8) is 0 Å². The van der Waals surface area contributed by atoms with Crippen LogP contribution in [0.5, 0.6) is 5.75 Å². The van der Waals surface area contributed by atoms with Gasteiger partial charge in [-0.3, -0.25) is 0 Å². The number of methoxy groups -OCH3 is 1. The third-order valence-electron chi connectivity index (χ3n) is 1.73. The summed E-state index contributed by atoms with van der Waals surface area (Å²) >= 11 is 9.52. The monoisotopic (exact) mass is 290 g/mol. The largest absolute Gasteiger partial charge is 0.467 e. The van der Waals surface area contributed by atoms with Crippen molar-refractivity contribution in [2.24, 2.45) is 0 Å². The normalized spacial score (nSPS) is 10.9. The molecule has 0 aliphatic rings. The molecule has 0 amide bonds. The zero-order valence-electron chi connectivity index (χ0n) is 8.59. The van der Waals surface area contributed by atoms with Gasteiger partial charge in [0.15, 0.2) is 6.79 Å². The van der Waals surface area contributed by atoms with Gasteiger partial charge in [-0.15, -0.1) is 0 Å². The fraction of sp³-hybridized carbons (Fsp3) is 0.273. The summed E-state index contributed by atoms with van der Waals surface area (Å²) in [5, 5.41) is 0.647. The van der Waals surface area contributed by atoms with Crippen molar-refractivity contribution in [3.05, 3.63) is 33.3 Å². The Labute approximate surface area is 103 Å². The first kappa shape index (κ1) is 12.6. The van der Waals surface area contributed by atoms with Crippen LogP contribution in [0.15, 0.2) is 22.7 Å². The molecule has 0 heterocycles. The van der Waals surface area contributed by atoms with Gasteiger partial charge in [-0.2, -0.15) is 0 Å². The van der Waals surface area contributed by atoms with Crippen molar-refractivity contribution < 1.29 is 9.47 Å². The lowest BCUT2D eigenvalue weighted by molar-refractivity contribution is 0.0511. The van der Waals surface area contributed by atoms with E-state index in [2.05, 4.69) is 15.9 Å². The van der Waals surface area contributed by atoms with E-state index < -0.39 is 0 Å². The Morgan fingerprint density at radius 2 is 2.20 bits per heavy atom. The molecule has 0 saturated carbocycles. The summed E-state index contributed by atoms with van der Waals surface area (Å²) in [6.45, 7) is 2.16. The van der Waals surface area contributed by atoms with Crippen molar-refractivity contribution >= 4 is 33.6 Å². The second kappa shape index (κ2) is 6.16. The molecule has 15 heavy (non-hydrogen) atoms. The highest BCUT2D eigenvalue weighted by molar-refractivity contribution is 9.10. The topological polar surface area (TPSA) is 18.5 Å². The van der Waals surface area contributed by atoms with Gasteiger partial charge in [0.25, 0.3) is 0 Å². The van der Waals surface area contributed by atoms with Crippen LogP contribution in [0.1, 0.15) is 12.5 Å². The quantitative estimate of drug-likeness (QED) is 0.777. The van der Waals surface area contributed by atoms with Crippen LogP contribution in [-0.2, 0) is 4.74 Å². The van der Waals surface area contributed by atoms with E-state index >= 15 is 0 Å². The van der Waals surface area contributed by atoms with E-state index in [9.17, 15) is 0 Å². The molecule has 0 radical (unpaired) electrons. The van der Waals surface area contributed by atoms with Crippen LogP contribution in [0.2, 0.25) is 5.02 Å². The molecule has 0 unspecified atom stereocenters. The van der Waals surface area contributed by atoms with Crippen LogP contribution in [0.3, 0.4) is 0 Å². The van der Waals surface area contributed by atoms with Crippen LogP contribution in [0.25, 0.3) is 6.08 Å². The molecule has 1 rings (SSSR count). The lowest BCUT2D eigenvalue weighted by Crippen LogP contribution is -1.99. The van der Waals surface area contributed by atoms with Crippen molar-refractivity contribution in [2.75, 3.05) is 13.9 Å². The fourth-order valence-electron chi connectivity index (χ4n) is 1.10. The van der Waals surface area contributed by atoms with Gasteiger partial charge in [-0.25, -0.2) is 0 Å². The number of rotatable bonds is 4. The summed E-state index contributed by atoms with van der Waals surface area (Å²) in [5.41, 5.74) is 0.948. The fourth-order valence-corrected chi connectivity index (χ4v) is 2.06. The third kappa shape index (κ3) is 3.52. The number of ether oxygens (including phenoxy) is 2. The molecule has 2 nitrogen and oxygen atoms in total. The minimum atomic E-state index is 0.214. The molecule has 0 aliphatic heterocycles. The Morgan fingerprint density at radius 1 is 1.47 bits per heavy atom. The zero-order chi connectivity index (χ0) is 11.3. The van der Waals surface area contributed by atoms with E-state index in [1.54, 1.807) is 13.2 Å². The van der Waals surface area contributed by atoms with Crippen LogP contribution in [0, 0.1) is 0 Å². The molecule has 1 aromatic carbocycles. The highest BCUT2D eigenvalue weighted by atomic mass is 79.9. The maximum Gasteiger partial charge on any atom is 0.188 e. The molecule has 0 aromatic heterocycles. The summed E-state index contributed by atoms with van der Waals surface area (Å²) < 4.78 is 11.0. The maximum absolute atomic E-state index is 6.09. The number of halogens is 2. The van der Waals surface area contributed by atoms with Crippen molar-refractivity contribution in [1.29, 1.82) is 0 Å². The smallest absolute Gasteiger partial charge is 0.188 e. The summed E-state index contributed by atoms with van der Waals surface area (Å²) in [6, 6.07) is 3.63. The molecule has 0 N–H and O–H groups in total. The highest BCUT2D eigenvalue weighted by Gasteiger charge is 2.05. The minimum absolute atomic E-state index is 0.214. The summed E-state index contributed by atoms with van der Waals surface area (Å²) in [6.07, 6.45) is 3.87. The lowest BCUT2D eigenvalue weighted by atomic mass is 10.2. The average Bonchev–Trinajstić information content (AvgIpc) is 2.20. The third-order valence-corrected chi connectivity index (χ3v) is 2.70. The molecule has 1 aromatic rings. The Kier molecular flexibility index (Phi) is 5.15. The first-order chi connectivity index (χ1) is 7.19. The summed E-state index contributed by atoms with van der Waals surface area (Å²) in [7, 11) is 1.57. The van der Waals surface area contributed by atoms with Crippen LogP contribution in [0.4, 0.5) is 0 Å². The number of hydrogen-bond donors (Lipinski definition) is 0.